The van der Waals surface area contributed by atoms with Crippen molar-refractivity contribution in [2.45, 2.75) is 24.9 Å². The first kappa shape index (κ1) is 13.3. The topological polar surface area (TPSA) is 61.4 Å². The molecule has 1 unspecified atom stereocenters. The first-order chi connectivity index (χ1) is 8.69. The zero-order valence-corrected chi connectivity index (χ0v) is 10.8. The second-order valence-electron chi connectivity index (χ2n) is 4.51. The van der Waals surface area contributed by atoms with Crippen LogP contribution in [0.3, 0.4) is 0 Å². The summed E-state index contributed by atoms with van der Waals surface area (Å²) in [6.07, 6.45) is 2.29. The van der Waals surface area contributed by atoms with E-state index in [4.69, 9.17) is 11.6 Å². The van der Waals surface area contributed by atoms with Gasteiger partial charge in [0.05, 0.1) is 19.2 Å². The summed E-state index contributed by atoms with van der Waals surface area (Å²) in [4.78, 5) is 11.7. The smallest absolute Gasteiger partial charge is 0.234 e. The van der Waals surface area contributed by atoms with Crippen molar-refractivity contribution in [1.82, 2.24) is 10.6 Å². The Bertz CT molecular complexity index is 404. The van der Waals surface area contributed by atoms with Crippen molar-refractivity contribution in [3.05, 3.63) is 34.9 Å². The number of aliphatic hydroxyl groups is 1. The van der Waals surface area contributed by atoms with Crippen LogP contribution in [0.1, 0.15) is 24.4 Å². The summed E-state index contributed by atoms with van der Waals surface area (Å²) >= 11 is 5.80. The molecule has 1 aliphatic carbocycles. The molecule has 1 saturated carbocycles. The molecule has 1 fully saturated rings. The molecule has 1 aromatic carbocycles. The Morgan fingerprint density at radius 1 is 1.39 bits per heavy atom. The molecule has 1 atom stereocenters. The number of amides is 1. The molecule has 0 saturated heterocycles. The SMILES string of the molecule is O=C(CNC1CC1)NC(CO)c1ccc(Cl)cc1. The molecule has 0 bridgehead atoms. The number of benzene rings is 1. The Balaban J connectivity index is 1.87. The molecular formula is C13H17ClN2O2. The van der Waals surface area contributed by atoms with Crippen molar-refractivity contribution >= 4 is 17.5 Å². The molecular weight excluding hydrogens is 252 g/mol. The lowest BCUT2D eigenvalue weighted by molar-refractivity contribution is -0.121. The highest BCUT2D eigenvalue weighted by molar-refractivity contribution is 6.30. The third kappa shape index (κ3) is 3.98. The molecule has 18 heavy (non-hydrogen) atoms. The van der Waals surface area contributed by atoms with Crippen LogP contribution < -0.4 is 10.6 Å². The average molecular weight is 269 g/mol. The molecule has 0 spiro atoms. The number of halogens is 1. The van der Waals surface area contributed by atoms with Gasteiger partial charge in [0.15, 0.2) is 0 Å². The normalized spacial score (nSPS) is 16.3. The van der Waals surface area contributed by atoms with Crippen molar-refractivity contribution in [2.24, 2.45) is 0 Å². The lowest BCUT2D eigenvalue weighted by Gasteiger charge is -2.17. The van der Waals surface area contributed by atoms with Gasteiger partial charge in [0.2, 0.25) is 5.91 Å². The Kier molecular flexibility index (Phi) is 4.58. The fraction of sp³-hybridized carbons (Fsp3) is 0.462. The third-order valence-corrected chi connectivity index (χ3v) is 3.17. The van der Waals surface area contributed by atoms with Crippen molar-refractivity contribution in [1.29, 1.82) is 0 Å². The van der Waals surface area contributed by atoms with E-state index in [1.807, 2.05) is 0 Å². The molecule has 5 heteroatoms. The van der Waals surface area contributed by atoms with Crippen LogP contribution in [-0.4, -0.2) is 30.2 Å². The zero-order valence-electron chi connectivity index (χ0n) is 10.0. The predicted octanol–water partition coefficient (Wildman–Crippen LogP) is 1.24. The summed E-state index contributed by atoms with van der Waals surface area (Å²) in [5.41, 5.74) is 0.849. The van der Waals surface area contributed by atoms with Gasteiger partial charge in [0.1, 0.15) is 0 Å². The maximum Gasteiger partial charge on any atom is 0.234 e. The van der Waals surface area contributed by atoms with E-state index in [2.05, 4.69) is 10.6 Å². The monoisotopic (exact) mass is 268 g/mol. The fourth-order valence-electron chi connectivity index (χ4n) is 1.70. The maximum atomic E-state index is 11.7. The summed E-state index contributed by atoms with van der Waals surface area (Å²) < 4.78 is 0. The van der Waals surface area contributed by atoms with Crippen molar-refractivity contribution < 1.29 is 9.90 Å². The van der Waals surface area contributed by atoms with E-state index in [1.54, 1.807) is 24.3 Å². The summed E-state index contributed by atoms with van der Waals surface area (Å²) in [5, 5.41) is 15.9. The van der Waals surface area contributed by atoms with Gasteiger partial charge in [-0.15, -0.1) is 0 Å². The minimum absolute atomic E-state index is 0.101. The summed E-state index contributed by atoms with van der Waals surface area (Å²) in [7, 11) is 0. The van der Waals surface area contributed by atoms with Crippen molar-refractivity contribution in [2.75, 3.05) is 13.2 Å². The Morgan fingerprint density at radius 3 is 2.61 bits per heavy atom. The van der Waals surface area contributed by atoms with Gasteiger partial charge >= 0.3 is 0 Å². The molecule has 2 rings (SSSR count). The molecule has 0 aromatic heterocycles. The van der Waals surface area contributed by atoms with Gasteiger partial charge in [0.25, 0.3) is 0 Å². The minimum Gasteiger partial charge on any atom is -0.394 e. The van der Waals surface area contributed by atoms with E-state index in [0.29, 0.717) is 17.6 Å². The predicted molar refractivity (Wildman–Crippen MR) is 70.4 cm³/mol. The number of carbonyl (C=O) groups excluding carboxylic acids is 1. The average Bonchev–Trinajstić information content (AvgIpc) is 3.19. The third-order valence-electron chi connectivity index (χ3n) is 2.92. The fourth-order valence-corrected chi connectivity index (χ4v) is 1.83. The van der Waals surface area contributed by atoms with E-state index in [1.165, 1.54) is 0 Å². The largest absolute Gasteiger partial charge is 0.394 e. The number of carbonyl (C=O) groups is 1. The highest BCUT2D eigenvalue weighted by Gasteiger charge is 2.22. The van der Waals surface area contributed by atoms with Crippen LogP contribution >= 0.6 is 11.6 Å². The molecule has 0 radical (unpaired) electrons. The van der Waals surface area contributed by atoms with Gasteiger partial charge < -0.3 is 15.7 Å². The lowest BCUT2D eigenvalue weighted by Crippen LogP contribution is -2.38. The second-order valence-corrected chi connectivity index (χ2v) is 4.95. The van der Waals surface area contributed by atoms with Gasteiger partial charge in [-0.3, -0.25) is 4.79 Å². The first-order valence-electron chi connectivity index (χ1n) is 6.08. The van der Waals surface area contributed by atoms with Gasteiger partial charge in [0, 0.05) is 11.1 Å². The maximum absolute atomic E-state index is 11.7. The highest BCUT2D eigenvalue weighted by Crippen LogP contribution is 2.18. The molecule has 3 N–H and O–H groups in total. The number of hydrogen-bond acceptors (Lipinski definition) is 3. The summed E-state index contributed by atoms with van der Waals surface area (Å²) in [6.45, 7) is 0.172. The van der Waals surface area contributed by atoms with Crippen LogP contribution in [0.25, 0.3) is 0 Å². The van der Waals surface area contributed by atoms with E-state index >= 15 is 0 Å². The summed E-state index contributed by atoms with van der Waals surface area (Å²) in [6, 6.07) is 7.22. The van der Waals surface area contributed by atoms with Crippen molar-refractivity contribution in [3.63, 3.8) is 0 Å². The van der Waals surface area contributed by atoms with E-state index < -0.39 is 0 Å². The van der Waals surface area contributed by atoms with Crippen LogP contribution in [-0.2, 0) is 4.79 Å². The Labute approximate surface area is 111 Å². The zero-order chi connectivity index (χ0) is 13.0. The van der Waals surface area contributed by atoms with Crippen molar-refractivity contribution in [3.8, 4) is 0 Å². The molecule has 4 nitrogen and oxygen atoms in total. The van der Waals surface area contributed by atoms with Crippen LogP contribution in [0.4, 0.5) is 0 Å². The standard InChI is InChI=1S/C13H17ClN2O2/c14-10-3-1-9(2-4-10)12(8-17)16-13(18)7-15-11-5-6-11/h1-4,11-12,15,17H,5-8H2,(H,16,18). The van der Waals surface area contributed by atoms with E-state index in [0.717, 1.165) is 18.4 Å². The molecule has 1 aliphatic rings. The van der Waals surface area contributed by atoms with Crippen LogP contribution in [0.5, 0.6) is 0 Å². The van der Waals surface area contributed by atoms with E-state index in [-0.39, 0.29) is 18.6 Å². The molecule has 1 aromatic rings. The van der Waals surface area contributed by atoms with Gasteiger partial charge in [-0.05, 0) is 30.5 Å². The number of aliphatic hydroxyl groups excluding tert-OH is 1. The van der Waals surface area contributed by atoms with E-state index in [9.17, 15) is 9.90 Å². The first-order valence-corrected chi connectivity index (χ1v) is 6.46. The number of hydrogen-bond donors (Lipinski definition) is 3. The van der Waals surface area contributed by atoms with Gasteiger partial charge in [-0.1, -0.05) is 23.7 Å². The van der Waals surface area contributed by atoms with Crippen LogP contribution in [0.2, 0.25) is 5.02 Å². The van der Waals surface area contributed by atoms with Crippen LogP contribution in [0, 0.1) is 0 Å². The second kappa shape index (κ2) is 6.18. The summed E-state index contributed by atoms with van der Waals surface area (Å²) in [5.74, 6) is -0.101. The molecule has 98 valence electrons. The minimum atomic E-state index is -0.379. The number of nitrogens with one attached hydrogen (secondary N) is 2. The quantitative estimate of drug-likeness (QED) is 0.728. The Hall–Kier alpha value is -1.10. The lowest BCUT2D eigenvalue weighted by atomic mass is 10.1. The molecule has 1 amide bonds. The van der Waals surface area contributed by atoms with Gasteiger partial charge in [-0.2, -0.15) is 0 Å². The van der Waals surface area contributed by atoms with Gasteiger partial charge in [-0.25, -0.2) is 0 Å². The molecule has 0 heterocycles. The number of rotatable bonds is 6. The van der Waals surface area contributed by atoms with Crippen LogP contribution in [0.15, 0.2) is 24.3 Å². The Morgan fingerprint density at radius 2 is 2.06 bits per heavy atom. The molecule has 0 aliphatic heterocycles. The highest BCUT2D eigenvalue weighted by atomic mass is 35.5.